The van der Waals surface area contributed by atoms with Gasteiger partial charge >= 0.3 is 6.03 Å². The van der Waals surface area contributed by atoms with E-state index in [1.165, 1.54) is 24.3 Å². The van der Waals surface area contributed by atoms with Crippen LogP contribution in [0.3, 0.4) is 0 Å². The number of hydrogen-bond donors (Lipinski definition) is 1. The number of nitrogens with one attached hydrogen (secondary N) is 1. The highest BCUT2D eigenvalue weighted by atomic mass is 16.6. The summed E-state index contributed by atoms with van der Waals surface area (Å²) in [4.78, 5) is 49.0. The Morgan fingerprint density at radius 2 is 1.83 bits per heavy atom. The highest BCUT2D eigenvalue weighted by molar-refractivity contribution is 6.31. The topological polar surface area (TPSA) is 123 Å². The van der Waals surface area contributed by atoms with E-state index in [-0.39, 0.29) is 34.4 Å². The highest BCUT2D eigenvalue weighted by Crippen LogP contribution is 2.32. The lowest BCUT2D eigenvalue weighted by Crippen LogP contribution is -2.57. The van der Waals surface area contributed by atoms with E-state index in [1.54, 1.807) is 18.2 Å². The Morgan fingerprint density at radius 3 is 2.55 bits per heavy atom. The summed E-state index contributed by atoms with van der Waals surface area (Å²) in [6, 6.07) is 8.21. The summed E-state index contributed by atoms with van der Waals surface area (Å²) < 4.78 is 5.63. The zero-order valence-electron chi connectivity index (χ0n) is 15.3. The number of benzene rings is 1. The number of nitro benzene ring substituents is 1. The molecule has 1 aliphatic carbocycles. The van der Waals surface area contributed by atoms with Gasteiger partial charge in [-0.05, 0) is 37.1 Å². The molecular formula is C20H17N3O6. The lowest BCUT2D eigenvalue weighted by atomic mass is 10.1. The van der Waals surface area contributed by atoms with Crippen molar-refractivity contribution in [2.45, 2.75) is 31.7 Å². The zero-order chi connectivity index (χ0) is 20.5. The normalized spacial score (nSPS) is 19.1. The van der Waals surface area contributed by atoms with Crippen molar-refractivity contribution in [3.63, 3.8) is 0 Å². The van der Waals surface area contributed by atoms with Crippen LogP contribution in [0.1, 0.15) is 31.4 Å². The standard InChI is InChI=1S/C20H17N3O6/c24-18-15(19(25)22(20(26)21-18)12-5-1-2-6-12)11-13-9-10-17(29-13)14-7-3-4-8-16(14)23(27)28/h3-4,7-12H,1-2,5-6H2,(H,21,24,26)/b15-11-. The second kappa shape index (κ2) is 7.34. The van der Waals surface area contributed by atoms with E-state index in [2.05, 4.69) is 5.32 Å². The van der Waals surface area contributed by atoms with Gasteiger partial charge in [-0.3, -0.25) is 29.9 Å². The molecule has 1 N–H and O–H groups in total. The van der Waals surface area contributed by atoms with Crippen LogP contribution in [0.5, 0.6) is 0 Å². The molecule has 9 nitrogen and oxygen atoms in total. The SMILES string of the molecule is O=C1NC(=O)N(C2CCCC2)C(=O)/C1=C\c1ccc(-c2ccccc2[N+](=O)[O-])o1. The number of carbonyl (C=O) groups excluding carboxylic acids is 3. The number of para-hydroxylation sites is 1. The molecule has 0 atom stereocenters. The maximum atomic E-state index is 12.8. The van der Waals surface area contributed by atoms with E-state index in [0.29, 0.717) is 12.8 Å². The van der Waals surface area contributed by atoms with Crippen LogP contribution in [0.4, 0.5) is 10.5 Å². The maximum absolute atomic E-state index is 12.8. The minimum absolute atomic E-state index is 0.120. The van der Waals surface area contributed by atoms with Gasteiger partial charge < -0.3 is 4.42 Å². The van der Waals surface area contributed by atoms with Crippen LogP contribution >= 0.6 is 0 Å². The van der Waals surface area contributed by atoms with E-state index in [9.17, 15) is 24.5 Å². The van der Waals surface area contributed by atoms with Gasteiger partial charge in [0.15, 0.2) is 0 Å². The van der Waals surface area contributed by atoms with Crippen LogP contribution in [0.2, 0.25) is 0 Å². The molecule has 29 heavy (non-hydrogen) atoms. The van der Waals surface area contributed by atoms with E-state index in [0.717, 1.165) is 17.7 Å². The third-order valence-electron chi connectivity index (χ3n) is 5.10. The average Bonchev–Trinajstić information content (AvgIpc) is 3.37. The fraction of sp³-hybridized carbons (Fsp3) is 0.250. The number of nitro groups is 1. The number of imide groups is 2. The van der Waals surface area contributed by atoms with Crippen molar-refractivity contribution in [2.24, 2.45) is 0 Å². The summed E-state index contributed by atoms with van der Waals surface area (Å²) >= 11 is 0. The number of amides is 4. The molecule has 0 bridgehead atoms. The summed E-state index contributed by atoms with van der Waals surface area (Å²) in [6.45, 7) is 0. The lowest BCUT2D eigenvalue weighted by molar-refractivity contribution is -0.384. The second-order valence-electron chi connectivity index (χ2n) is 6.91. The molecule has 0 radical (unpaired) electrons. The van der Waals surface area contributed by atoms with Gasteiger partial charge in [0.2, 0.25) is 0 Å². The number of urea groups is 1. The molecule has 2 fully saturated rings. The summed E-state index contributed by atoms with van der Waals surface area (Å²) in [5.41, 5.74) is -0.0464. The Hall–Kier alpha value is -3.75. The molecule has 1 saturated carbocycles. The van der Waals surface area contributed by atoms with E-state index >= 15 is 0 Å². The molecule has 2 aromatic rings. The molecule has 0 spiro atoms. The average molecular weight is 395 g/mol. The highest BCUT2D eigenvalue weighted by Gasteiger charge is 2.40. The molecular weight excluding hydrogens is 378 g/mol. The third kappa shape index (κ3) is 3.42. The largest absolute Gasteiger partial charge is 0.456 e. The summed E-state index contributed by atoms with van der Waals surface area (Å²) in [5.74, 6) is -1.04. The quantitative estimate of drug-likeness (QED) is 0.367. The van der Waals surface area contributed by atoms with Crippen molar-refractivity contribution < 1.29 is 23.7 Å². The van der Waals surface area contributed by atoms with Crippen LogP contribution in [-0.2, 0) is 9.59 Å². The molecule has 1 aromatic carbocycles. The molecule has 4 amide bonds. The van der Waals surface area contributed by atoms with Gasteiger partial charge in [-0.15, -0.1) is 0 Å². The van der Waals surface area contributed by atoms with Crippen molar-refractivity contribution in [3.05, 3.63) is 57.8 Å². The van der Waals surface area contributed by atoms with Gasteiger partial charge in [0, 0.05) is 12.1 Å². The van der Waals surface area contributed by atoms with E-state index in [1.807, 2.05) is 0 Å². The third-order valence-corrected chi connectivity index (χ3v) is 5.10. The fourth-order valence-corrected chi connectivity index (χ4v) is 3.72. The first-order valence-electron chi connectivity index (χ1n) is 9.20. The van der Waals surface area contributed by atoms with Gasteiger partial charge in [-0.2, -0.15) is 0 Å². The van der Waals surface area contributed by atoms with E-state index in [4.69, 9.17) is 4.42 Å². The smallest absolute Gasteiger partial charge is 0.331 e. The van der Waals surface area contributed by atoms with Crippen molar-refractivity contribution in [3.8, 4) is 11.3 Å². The fourth-order valence-electron chi connectivity index (χ4n) is 3.72. The Morgan fingerprint density at radius 1 is 1.10 bits per heavy atom. The predicted octanol–water partition coefficient (Wildman–Crippen LogP) is 3.26. The lowest BCUT2D eigenvalue weighted by Gasteiger charge is -2.30. The van der Waals surface area contributed by atoms with Crippen molar-refractivity contribution in [2.75, 3.05) is 0 Å². The second-order valence-corrected chi connectivity index (χ2v) is 6.91. The van der Waals surface area contributed by atoms with Crippen molar-refractivity contribution in [1.29, 1.82) is 0 Å². The van der Waals surface area contributed by atoms with Crippen LogP contribution < -0.4 is 5.32 Å². The Bertz CT molecular complexity index is 1050. The van der Waals surface area contributed by atoms with Crippen LogP contribution in [-0.4, -0.2) is 33.7 Å². The Balaban J connectivity index is 1.66. The first-order valence-corrected chi connectivity index (χ1v) is 9.20. The number of carbonyl (C=O) groups is 3. The van der Waals surface area contributed by atoms with Gasteiger partial charge in [-0.1, -0.05) is 25.0 Å². The summed E-state index contributed by atoms with van der Waals surface area (Å²) in [7, 11) is 0. The molecule has 2 heterocycles. The Kier molecular flexibility index (Phi) is 4.71. The maximum Gasteiger partial charge on any atom is 0.331 e. The zero-order valence-corrected chi connectivity index (χ0v) is 15.3. The molecule has 0 unspecified atom stereocenters. The molecule has 1 aromatic heterocycles. The number of nitrogens with zero attached hydrogens (tertiary/aromatic N) is 2. The first kappa shape index (κ1) is 18.6. The minimum atomic E-state index is -0.794. The number of furan rings is 1. The predicted molar refractivity (Wildman–Crippen MR) is 101 cm³/mol. The Labute approximate surface area is 165 Å². The van der Waals surface area contributed by atoms with Gasteiger partial charge in [0.1, 0.15) is 17.1 Å². The molecule has 1 aliphatic heterocycles. The van der Waals surface area contributed by atoms with Crippen molar-refractivity contribution >= 4 is 29.6 Å². The summed E-state index contributed by atoms with van der Waals surface area (Å²) in [6.07, 6.45) is 4.52. The number of hydrogen-bond acceptors (Lipinski definition) is 6. The van der Waals surface area contributed by atoms with Crippen molar-refractivity contribution in [1.82, 2.24) is 10.2 Å². The number of barbiturate groups is 1. The van der Waals surface area contributed by atoms with Gasteiger partial charge in [0.05, 0.1) is 10.5 Å². The molecule has 148 valence electrons. The monoisotopic (exact) mass is 395 g/mol. The first-order chi connectivity index (χ1) is 14.0. The van der Waals surface area contributed by atoms with Crippen LogP contribution in [0, 0.1) is 10.1 Å². The molecule has 4 rings (SSSR count). The minimum Gasteiger partial charge on any atom is -0.456 e. The van der Waals surface area contributed by atoms with Crippen LogP contribution in [0.25, 0.3) is 17.4 Å². The molecule has 9 heteroatoms. The van der Waals surface area contributed by atoms with E-state index < -0.39 is 22.8 Å². The van der Waals surface area contributed by atoms with Gasteiger partial charge in [-0.25, -0.2) is 4.79 Å². The van der Waals surface area contributed by atoms with Crippen LogP contribution in [0.15, 0.2) is 46.4 Å². The van der Waals surface area contributed by atoms with Gasteiger partial charge in [0.25, 0.3) is 17.5 Å². The molecule has 2 aliphatic rings. The number of rotatable bonds is 4. The summed E-state index contributed by atoms with van der Waals surface area (Å²) in [5, 5.41) is 13.4. The molecule has 1 saturated heterocycles.